The lowest BCUT2D eigenvalue weighted by atomic mass is 9.97. The first kappa shape index (κ1) is 15.5. The van der Waals surface area contributed by atoms with Crippen LogP contribution in [0, 0.1) is 5.92 Å². The molecule has 1 aliphatic rings. The van der Waals surface area contributed by atoms with Gasteiger partial charge in [-0.3, -0.25) is 4.79 Å². The van der Waals surface area contributed by atoms with Crippen LogP contribution in [0.2, 0.25) is 0 Å². The molecule has 1 aromatic carbocycles. The van der Waals surface area contributed by atoms with Gasteiger partial charge in [-0.05, 0) is 25.0 Å². The monoisotopic (exact) mass is 291 g/mol. The average Bonchev–Trinajstić information content (AvgIpc) is 3.01. The predicted octanol–water partition coefficient (Wildman–Crippen LogP) is 2.25. The Morgan fingerprint density at radius 3 is 2.76 bits per heavy atom. The van der Waals surface area contributed by atoms with Crippen LogP contribution in [0.15, 0.2) is 24.3 Å². The van der Waals surface area contributed by atoms with E-state index >= 15 is 0 Å². The molecule has 0 aliphatic carbocycles. The highest BCUT2D eigenvalue weighted by molar-refractivity contribution is 6.03. The zero-order valence-electron chi connectivity index (χ0n) is 12.7. The van der Waals surface area contributed by atoms with E-state index in [0.29, 0.717) is 17.9 Å². The molecule has 1 saturated heterocycles. The number of carbonyl (C=O) groups is 2. The zero-order chi connectivity index (χ0) is 15.4. The topological polar surface area (TPSA) is 55.8 Å². The summed E-state index contributed by atoms with van der Waals surface area (Å²) in [7, 11) is 3.02. The van der Waals surface area contributed by atoms with Gasteiger partial charge in [-0.25, -0.2) is 4.79 Å². The number of rotatable bonds is 4. The van der Waals surface area contributed by atoms with Crippen molar-refractivity contribution in [2.24, 2.45) is 5.92 Å². The third-order valence-corrected chi connectivity index (χ3v) is 3.93. The lowest BCUT2D eigenvalue weighted by Gasteiger charge is -2.25. The average molecular weight is 291 g/mol. The number of hydrogen-bond acceptors (Lipinski definition) is 4. The summed E-state index contributed by atoms with van der Waals surface area (Å²) in [4.78, 5) is 26.0. The third-order valence-electron chi connectivity index (χ3n) is 3.93. The molecular formula is C16H21NO4. The van der Waals surface area contributed by atoms with Gasteiger partial charge in [0.2, 0.25) is 5.91 Å². The van der Waals surface area contributed by atoms with Gasteiger partial charge in [-0.15, -0.1) is 0 Å². The fourth-order valence-corrected chi connectivity index (χ4v) is 2.75. The summed E-state index contributed by atoms with van der Waals surface area (Å²) in [5.41, 5.74) is 0.957. The number of methoxy groups -OCH3 is 1. The van der Waals surface area contributed by atoms with Crippen LogP contribution in [0.1, 0.15) is 30.1 Å². The summed E-state index contributed by atoms with van der Waals surface area (Å²) >= 11 is 0. The van der Waals surface area contributed by atoms with Crippen molar-refractivity contribution >= 4 is 17.6 Å². The Bertz CT molecular complexity index is 529. The van der Waals surface area contributed by atoms with Crippen LogP contribution in [0.5, 0.6) is 0 Å². The van der Waals surface area contributed by atoms with Gasteiger partial charge in [0.1, 0.15) is 0 Å². The number of hydrogen-bond donors (Lipinski definition) is 0. The molecule has 1 amide bonds. The Morgan fingerprint density at radius 2 is 2.10 bits per heavy atom. The number of carbonyl (C=O) groups excluding carboxylic acids is 2. The van der Waals surface area contributed by atoms with Crippen molar-refractivity contribution in [2.45, 2.75) is 25.9 Å². The van der Waals surface area contributed by atoms with E-state index in [4.69, 9.17) is 9.47 Å². The molecule has 21 heavy (non-hydrogen) atoms. The lowest BCUT2D eigenvalue weighted by Crippen LogP contribution is -2.37. The van der Waals surface area contributed by atoms with Crippen molar-refractivity contribution in [2.75, 3.05) is 25.7 Å². The normalized spacial score (nSPS) is 21.1. The molecule has 0 saturated carbocycles. The molecule has 0 bridgehead atoms. The standard InChI is InChI=1S/C16H21NO4/c1-4-14-12(9-10-21-14)15(18)17(2)13-8-6-5-7-11(13)16(19)20-3/h5-8,12,14H,4,9-10H2,1-3H3. The molecule has 5 heteroatoms. The minimum Gasteiger partial charge on any atom is -0.465 e. The fraction of sp³-hybridized carbons (Fsp3) is 0.500. The van der Waals surface area contributed by atoms with E-state index in [1.165, 1.54) is 12.0 Å². The third kappa shape index (κ3) is 3.08. The first-order chi connectivity index (χ1) is 10.1. The maximum Gasteiger partial charge on any atom is 0.339 e. The SMILES string of the molecule is CCC1OCCC1C(=O)N(C)c1ccccc1C(=O)OC. The first-order valence-electron chi connectivity index (χ1n) is 7.16. The quantitative estimate of drug-likeness (QED) is 0.798. The second kappa shape index (κ2) is 6.72. The molecule has 2 rings (SSSR count). The van der Waals surface area contributed by atoms with Crippen LogP contribution in [-0.2, 0) is 14.3 Å². The fourth-order valence-electron chi connectivity index (χ4n) is 2.75. The number of amides is 1. The van der Waals surface area contributed by atoms with Crippen molar-refractivity contribution in [1.82, 2.24) is 0 Å². The van der Waals surface area contributed by atoms with Gasteiger partial charge < -0.3 is 14.4 Å². The van der Waals surface area contributed by atoms with E-state index in [0.717, 1.165) is 12.8 Å². The van der Waals surface area contributed by atoms with Crippen LogP contribution in [0.4, 0.5) is 5.69 Å². The number of para-hydroxylation sites is 1. The van der Waals surface area contributed by atoms with Crippen molar-refractivity contribution < 1.29 is 19.1 Å². The number of benzene rings is 1. The van der Waals surface area contributed by atoms with E-state index < -0.39 is 5.97 Å². The van der Waals surface area contributed by atoms with Gasteiger partial charge in [0.25, 0.3) is 0 Å². The van der Waals surface area contributed by atoms with E-state index in [1.54, 1.807) is 31.3 Å². The smallest absolute Gasteiger partial charge is 0.339 e. The molecule has 114 valence electrons. The molecule has 0 spiro atoms. The van der Waals surface area contributed by atoms with E-state index in [9.17, 15) is 9.59 Å². The Hall–Kier alpha value is -1.88. The van der Waals surface area contributed by atoms with E-state index in [2.05, 4.69) is 0 Å². The molecular weight excluding hydrogens is 270 g/mol. The van der Waals surface area contributed by atoms with Crippen LogP contribution in [-0.4, -0.2) is 38.7 Å². The Morgan fingerprint density at radius 1 is 1.38 bits per heavy atom. The highest BCUT2D eigenvalue weighted by Gasteiger charge is 2.35. The van der Waals surface area contributed by atoms with Crippen LogP contribution in [0.3, 0.4) is 0 Å². The molecule has 1 aromatic rings. The van der Waals surface area contributed by atoms with Crippen LogP contribution in [0.25, 0.3) is 0 Å². The number of ether oxygens (including phenoxy) is 2. The summed E-state index contributed by atoms with van der Waals surface area (Å²) in [6, 6.07) is 6.96. The Labute approximate surface area is 124 Å². The molecule has 0 N–H and O–H groups in total. The first-order valence-corrected chi connectivity index (χ1v) is 7.16. The molecule has 0 radical (unpaired) electrons. The van der Waals surface area contributed by atoms with Crippen molar-refractivity contribution in [3.05, 3.63) is 29.8 Å². The minimum atomic E-state index is -0.444. The number of esters is 1. The van der Waals surface area contributed by atoms with Gasteiger partial charge >= 0.3 is 5.97 Å². The van der Waals surface area contributed by atoms with E-state index in [1.807, 2.05) is 6.92 Å². The summed E-state index contributed by atoms with van der Waals surface area (Å²) < 4.78 is 10.4. The van der Waals surface area contributed by atoms with E-state index in [-0.39, 0.29) is 17.9 Å². The van der Waals surface area contributed by atoms with Gasteiger partial charge in [-0.1, -0.05) is 19.1 Å². The van der Waals surface area contributed by atoms with Crippen LogP contribution >= 0.6 is 0 Å². The predicted molar refractivity (Wildman–Crippen MR) is 79.3 cm³/mol. The van der Waals surface area contributed by atoms with Gasteiger partial charge in [0.15, 0.2) is 0 Å². The highest BCUT2D eigenvalue weighted by atomic mass is 16.5. The molecule has 5 nitrogen and oxygen atoms in total. The van der Waals surface area contributed by atoms with Crippen LogP contribution < -0.4 is 4.90 Å². The van der Waals surface area contributed by atoms with Crippen molar-refractivity contribution in [3.8, 4) is 0 Å². The second-order valence-electron chi connectivity index (χ2n) is 5.12. The highest BCUT2D eigenvalue weighted by Crippen LogP contribution is 2.28. The molecule has 1 fully saturated rings. The number of anilines is 1. The maximum atomic E-state index is 12.7. The molecule has 1 heterocycles. The molecule has 2 unspecified atom stereocenters. The number of nitrogens with zero attached hydrogens (tertiary/aromatic N) is 1. The van der Waals surface area contributed by atoms with Gasteiger partial charge in [-0.2, -0.15) is 0 Å². The summed E-state index contributed by atoms with van der Waals surface area (Å²) in [6.45, 7) is 2.63. The van der Waals surface area contributed by atoms with Gasteiger partial charge in [0, 0.05) is 13.7 Å². The lowest BCUT2D eigenvalue weighted by molar-refractivity contribution is -0.123. The minimum absolute atomic E-state index is 0.0179. The largest absolute Gasteiger partial charge is 0.465 e. The molecule has 1 aliphatic heterocycles. The Balaban J connectivity index is 2.25. The maximum absolute atomic E-state index is 12.7. The summed E-state index contributed by atoms with van der Waals surface area (Å²) in [6.07, 6.45) is 1.50. The van der Waals surface area contributed by atoms with Crippen molar-refractivity contribution in [1.29, 1.82) is 0 Å². The molecule has 2 atom stereocenters. The zero-order valence-corrected chi connectivity index (χ0v) is 12.7. The second-order valence-corrected chi connectivity index (χ2v) is 5.12. The molecule has 0 aromatic heterocycles. The van der Waals surface area contributed by atoms with Gasteiger partial charge in [0.05, 0.1) is 30.4 Å². The summed E-state index contributed by atoms with van der Waals surface area (Å²) in [5.74, 6) is -0.610. The van der Waals surface area contributed by atoms with Crippen molar-refractivity contribution in [3.63, 3.8) is 0 Å². The Kier molecular flexibility index (Phi) is 4.96. The summed E-state index contributed by atoms with van der Waals surface area (Å²) in [5, 5.41) is 0.